The number of amides is 1. The van der Waals surface area contributed by atoms with Crippen molar-refractivity contribution in [3.63, 3.8) is 0 Å². The lowest BCUT2D eigenvalue weighted by Crippen LogP contribution is -2.25. The van der Waals surface area contributed by atoms with Crippen LogP contribution >= 0.6 is 23.2 Å². The highest BCUT2D eigenvalue weighted by Crippen LogP contribution is 2.28. The Bertz CT molecular complexity index is 892. The first-order chi connectivity index (χ1) is 13.6. The Morgan fingerprint density at radius 1 is 1.14 bits per heavy atom. The van der Waals surface area contributed by atoms with E-state index < -0.39 is 6.09 Å². The number of hydrogen-bond acceptors (Lipinski definition) is 4. The molecule has 0 unspecified atom stereocenters. The van der Waals surface area contributed by atoms with E-state index in [0.717, 1.165) is 22.8 Å². The summed E-state index contributed by atoms with van der Waals surface area (Å²) in [6.07, 6.45) is -0.553. The summed E-state index contributed by atoms with van der Waals surface area (Å²) in [5.74, 6) is 0. The lowest BCUT2D eigenvalue weighted by molar-refractivity contribution is 0.117. The quantitative estimate of drug-likeness (QED) is 0.428. The van der Waals surface area contributed by atoms with Crippen molar-refractivity contribution in [2.45, 2.75) is 27.7 Å². The molecule has 0 aliphatic heterocycles. The summed E-state index contributed by atoms with van der Waals surface area (Å²) in [6, 6.07) is 12.9. The van der Waals surface area contributed by atoms with Gasteiger partial charge in [-0.1, -0.05) is 62.2 Å². The predicted molar refractivity (Wildman–Crippen MR) is 121 cm³/mol. The number of ether oxygens (including phenoxy) is 1. The third-order valence-corrected chi connectivity index (χ3v) is 4.52. The maximum atomic E-state index is 12.2. The minimum Gasteiger partial charge on any atom is -0.448 e. The molecule has 0 atom stereocenters. The van der Waals surface area contributed by atoms with Crippen LogP contribution in [0.4, 0.5) is 10.5 Å². The SMILES string of the molecule is CCOC(=O)N(C)N=C(c1ccccc1Cl)c1cc(Cl)ccc1NCC(C)(C)C. The minimum absolute atomic E-state index is 0.0698. The maximum Gasteiger partial charge on any atom is 0.430 e. The molecule has 0 spiro atoms. The van der Waals surface area contributed by atoms with Gasteiger partial charge in [0, 0.05) is 35.4 Å². The average molecular weight is 436 g/mol. The summed E-state index contributed by atoms with van der Waals surface area (Å²) >= 11 is 12.8. The highest BCUT2D eigenvalue weighted by atomic mass is 35.5. The molecule has 0 saturated carbocycles. The number of nitrogens with one attached hydrogen (secondary N) is 1. The van der Waals surface area contributed by atoms with Crippen LogP contribution in [0.15, 0.2) is 47.6 Å². The number of nitrogens with zero attached hydrogens (tertiary/aromatic N) is 2. The van der Waals surface area contributed by atoms with Crippen molar-refractivity contribution in [1.82, 2.24) is 5.01 Å². The van der Waals surface area contributed by atoms with Crippen molar-refractivity contribution in [3.05, 3.63) is 63.6 Å². The number of carbonyl (C=O) groups excluding carboxylic acids is 1. The van der Waals surface area contributed by atoms with Gasteiger partial charge in [0.1, 0.15) is 5.71 Å². The van der Waals surface area contributed by atoms with Crippen molar-refractivity contribution in [2.75, 3.05) is 25.5 Å². The maximum absolute atomic E-state index is 12.2. The summed E-state index contributed by atoms with van der Waals surface area (Å²) in [6.45, 7) is 9.18. The molecule has 0 fully saturated rings. The Hall–Kier alpha value is -2.24. The number of halogens is 2. The van der Waals surface area contributed by atoms with Crippen LogP contribution in [0.25, 0.3) is 0 Å². The first-order valence-electron chi connectivity index (χ1n) is 9.40. The Balaban J connectivity index is 2.61. The van der Waals surface area contributed by atoms with Gasteiger partial charge >= 0.3 is 6.09 Å². The fourth-order valence-corrected chi connectivity index (χ4v) is 2.94. The molecule has 7 heteroatoms. The van der Waals surface area contributed by atoms with E-state index in [1.165, 1.54) is 0 Å². The van der Waals surface area contributed by atoms with E-state index in [2.05, 4.69) is 31.2 Å². The molecule has 29 heavy (non-hydrogen) atoms. The third kappa shape index (κ3) is 6.65. The van der Waals surface area contributed by atoms with Gasteiger partial charge in [0.2, 0.25) is 0 Å². The van der Waals surface area contributed by atoms with Crippen LogP contribution in [0, 0.1) is 5.41 Å². The van der Waals surface area contributed by atoms with Crippen molar-refractivity contribution < 1.29 is 9.53 Å². The zero-order valence-corrected chi connectivity index (χ0v) is 18.9. The van der Waals surface area contributed by atoms with Crippen molar-refractivity contribution in [3.8, 4) is 0 Å². The Morgan fingerprint density at radius 3 is 2.45 bits per heavy atom. The molecule has 1 N–H and O–H groups in total. The highest BCUT2D eigenvalue weighted by molar-refractivity contribution is 6.36. The number of carbonyl (C=O) groups is 1. The largest absolute Gasteiger partial charge is 0.448 e. The van der Waals surface area contributed by atoms with E-state index in [1.54, 1.807) is 20.0 Å². The zero-order valence-electron chi connectivity index (χ0n) is 17.4. The smallest absolute Gasteiger partial charge is 0.430 e. The molecule has 2 aromatic rings. The highest BCUT2D eigenvalue weighted by Gasteiger charge is 2.20. The summed E-state index contributed by atoms with van der Waals surface area (Å²) in [7, 11) is 1.54. The standard InChI is InChI=1S/C22H27Cl2N3O2/c1-6-29-21(28)27(5)26-20(16-9-7-8-10-18(16)24)17-13-15(23)11-12-19(17)25-14-22(2,3)4/h7-13,25H,6,14H2,1-5H3. The monoisotopic (exact) mass is 435 g/mol. The van der Waals surface area contributed by atoms with Crippen LogP contribution in [0.2, 0.25) is 10.0 Å². The van der Waals surface area contributed by atoms with E-state index in [1.807, 2.05) is 36.4 Å². The predicted octanol–water partition coefficient (Wildman–Crippen LogP) is 6.29. The molecule has 0 aliphatic carbocycles. The van der Waals surface area contributed by atoms with Gasteiger partial charge in [0.25, 0.3) is 0 Å². The zero-order chi connectivity index (χ0) is 21.6. The molecule has 2 rings (SSSR count). The van der Waals surface area contributed by atoms with Crippen LogP contribution in [0.5, 0.6) is 0 Å². The third-order valence-electron chi connectivity index (χ3n) is 3.96. The van der Waals surface area contributed by atoms with Gasteiger partial charge in [-0.2, -0.15) is 5.10 Å². The number of benzene rings is 2. The van der Waals surface area contributed by atoms with Crippen molar-refractivity contribution >= 4 is 40.7 Å². The average Bonchev–Trinajstić information content (AvgIpc) is 2.65. The summed E-state index contributed by atoms with van der Waals surface area (Å²) < 4.78 is 5.06. The fraction of sp³-hybridized carbons (Fsp3) is 0.364. The van der Waals surface area contributed by atoms with Gasteiger partial charge in [0.15, 0.2) is 0 Å². The van der Waals surface area contributed by atoms with Gasteiger partial charge < -0.3 is 10.1 Å². The molecule has 0 aliphatic rings. The Kier molecular flexibility index (Phi) is 7.94. The summed E-state index contributed by atoms with van der Waals surface area (Å²) in [5, 5.41) is 10.2. The van der Waals surface area contributed by atoms with Gasteiger partial charge in [-0.25, -0.2) is 9.80 Å². The van der Waals surface area contributed by atoms with E-state index in [0.29, 0.717) is 21.3 Å². The van der Waals surface area contributed by atoms with Crippen LogP contribution in [0.3, 0.4) is 0 Å². The van der Waals surface area contributed by atoms with Crippen LogP contribution in [-0.2, 0) is 4.74 Å². The molecular formula is C22H27Cl2N3O2. The van der Waals surface area contributed by atoms with Crippen LogP contribution in [-0.4, -0.2) is 37.0 Å². The van der Waals surface area contributed by atoms with Gasteiger partial charge in [0.05, 0.1) is 11.6 Å². The van der Waals surface area contributed by atoms with Crippen LogP contribution in [0.1, 0.15) is 38.8 Å². The molecule has 1 amide bonds. The first kappa shape index (κ1) is 23.0. The second kappa shape index (κ2) is 9.99. The Morgan fingerprint density at radius 2 is 1.83 bits per heavy atom. The molecule has 0 heterocycles. The molecule has 156 valence electrons. The number of hydrazone groups is 1. The summed E-state index contributed by atoms with van der Waals surface area (Å²) in [4.78, 5) is 12.2. The molecule has 0 bridgehead atoms. The second-order valence-electron chi connectivity index (χ2n) is 7.76. The molecule has 5 nitrogen and oxygen atoms in total. The summed E-state index contributed by atoms with van der Waals surface area (Å²) in [5.41, 5.74) is 2.86. The molecule has 0 saturated heterocycles. The lowest BCUT2D eigenvalue weighted by atomic mass is 9.95. The lowest BCUT2D eigenvalue weighted by Gasteiger charge is -2.22. The Labute approximate surface area is 182 Å². The normalized spacial score (nSPS) is 11.9. The molecule has 2 aromatic carbocycles. The van der Waals surface area contributed by atoms with Gasteiger partial charge in [-0.15, -0.1) is 0 Å². The van der Waals surface area contributed by atoms with Gasteiger partial charge in [-0.05, 0) is 36.6 Å². The molecular weight excluding hydrogens is 409 g/mol. The fourth-order valence-electron chi connectivity index (χ4n) is 2.54. The molecule has 0 radical (unpaired) electrons. The topological polar surface area (TPSA) is 53.9 Å². The van der Waals surface area contributed by atoms with E-state index >= 15 is 0 Å². The van der Waals surface area contributed by atoms with E-state index in [-0.39, 0.29) is 12.0 Å². The van der Waals surface area contributed by atoms with Crippen molar-refractivity contribution in [1.29, 1.82) is 0 Å². The van der Waals surface area contributed by atoms with Crippen LogP contribution < -0.4 is 5.32 Å². The van der Waals surface area contributed by atoms with E-state index in [4.69, 9.17) is 27.9 Å². The number of rotatable bonds is 6. The van der Waals surface area contributed by atoms with E-state index in [9.17, 15) is 4.79 Å². The second-order valence-corrected chi connectivity index (χ2v) is 8.60. The van der Waals surface area contributed by atoms with Gasteiger partial charge in [-0.3, -0.25) is 0 Å². The number of anilines is 1. The number of hydrogen-bond donors (Lipinski definition) is 1. The minimum atomic E-state index is -0.553. The molecule has 0 aromatic heterocycles. The van der Waals surface area contributed by atoms with Crippen molar-refractivity contribution in [2.24, 2.45) is 10.5 Å². The first-order valence-corrected chi connectivity index (χ1v) is 10.2.